The van der Waals surface area contributed by atoms with Crippen LogP contribution in [0.15, 0.2) is 17.4 Å². The second-order valence-electron chi connectivity index (χ2n) is 6.93. The molecule has 1 aliphatic rings. The molecule has 0 radical (unpaired) electrons. The molecule has 0 saturated heterocycles. The summed E-state index contributed by atoms with van der Waals surface area (Å²) in [7, 11) is 0. The second-order valence-corrected chi connectivity index (χ2v) is 8.28. The van der Waals surface area contributed by atoms with Crippen LogP contribution in [-0.2, 0) is 11.0 Å². The van der Waals surface area contributed by atoms with Crippen molar-refractivity contribution in [3.8, 4) is 0 Å². The zero-order valence-electron chi connectivity index (χ0n) is 15.4. The van der Waals surface area contributed by atoms with Gasteiger partial charge in [-0.05, 0) is 24.8 Å². The molecule has 1 fully saturated rings. The number of urea groups is 1. The lowest BCUT2D eigenvalue weighted by atomic mass is 9.86. The van der Waals surface area contributed by atoms with E-state index in [0.29, 0.717) is 5.92 Å². The van der Waals surface area contributed by atoms with Crippen LogP contribution < -0.4 is 10.6 Å². The van der Waals surface area contributed by atoms with E-state index in [1.807, 2.05) is 0 Å². The molecule has 0 aliphatic heterocycles. The van der Waals surface area contributed by atoms with Crippen LogP contribution in [-0.4, -0.2) is 38.3 Å². The summed E-state index contributed by atoms with van der Waals surface area (Å²) in [6.45, 7) is 2.05. The number of carbonyl (C=O) groups is 2. The fourth-order valence-electron chi connectivity index (χ4n) is 3.22. The van der Waals surface area contributed by atoms with E-state index in [-0.39, 0.29) is 27.6 Å². The fraction of sp³-hybridized carbons (Fsp3) is 0.529. The average molecular weight is 450 g/mol. The maximum Gasteiger partial charge on any atom is 0.417 e. The Morgan fingerprint density at radius 2 is 2.03 bits per heavy atom. The highest BCUT2D eigenvalue weighted by atomic mass is 35.5. The van der Waals surface area contributed by atoms with Crippen molar-refractivity contribution in [3.05, 3.63) is 22.8 Å². The van der Waals surface area contributed by atoms with Gasteiger partial charge in [0.05, 0.1) is 16.3 Å². The van der Waals surface area contributed by atoms with Crippen molar-refractivity contribution < 1.29 is 22.8 Å². The van der Waals surface area contributed by atoms with Crippen LogP contribution in [0.5, 0.6) is 0 Å². The number of imide groups is 1. The van der Waals surface area contributed by atoms with E-state index in [4.69, 9.17) is 11.6 Å². The lowest BCUT2D eigenvalue weighted by Gasteiger charge is -2.29. The molecule has 2 aromatic rings. The summed E-state index contributed by atoms with van der Waals surface area (Å²) in [6.07, 6.45) is 0.279. The SMILES string of the molecule is CC1CCCCC1NC(=O)NC(=O)CSc1nnc2c(Cl)cc(C(F)(F)F)cn12. The largest absolute Gasteiger partial charge is 0.417 e. The molecular formula is C17H19ClF3N5O2S. The monoisotopic (exact) mass is 449 g/mol. The van der Waals surface area contributed by atoms with Gasteiger partial charge in [-0.3, -0.25) is 14.5 Å². The molecular weight excluding hydrogens is 431 g/mol. The van der Waals surface area contributed by atoms with Crippen LogP contribution >= 0.6 is 23.4 Å². The molecule has 2 aromatic heterocycles. The molecule has 2 N–H and O–H groups in total. The molecule has 1 saturated carbocycles. The third-order valence-corrected chi connectivity index (χ3v) is 5.99. The number of nitrogens with zero attached hydrogens (tertiary/aromatic N) is 3. The molecule has 158 valence electrons. The van der Waals surface area contributed by atoms with Crippen molar-refractivity contribution in [2.75, 3.05) is 5.75 Å². The smallest absolute Gasteiger partial charge is 0.335 e. The van der Waals surface area contributed by atoms with Gasteiger partial charge in [0, 0.05) is 12.2 Å². The van der Waals surface area contributed by atoms with Crippen molar-refractivity contribution in [2.24, 2.45) is 5.92 Å². The van der Waals surface area contributed by atoms with E-state index in [2.05, 4.69) is 27.8 Å². The third-order valence-electron chi connectivity index (χ3n) is 4.77. The van der Waals surface area contributed by atoms with Gasteiger partial charge in [-0.1, -0.05) is 43.1 Å². The molecule has 7 nitrogen and oxygen atoms in total. The Labute approximate surface area is 173 Å². The molecule has 2 heterocycles. The molecule has 0 bridgehead atoms. The fourth-order valence-corrected chi connectivity index (χ4v) is 4.17. The van der Waals surface area contributed by atoms with Gasteiger partial charge in [0.15, 0.2) is 10.8 Å². The summed E-state index contributed by atoms with van der Waals surface area (Å²) in [6, 6.07) is 0.207. The normalized spacial score (nSPS) is 19.9. The van der Waals surface area contributed by atoms with Gasteiger partial charge < -0.3 is 5.32 Å². The zero-order chi connectivity index (χ0) is 21.2. The van der Waals surface area contributed by atoms with Gasteiger partial charge in [0.25, 0.3) is 0 Å². The van der Waals surface area contributed by atoms with Crippen LogP contribution in [0.1, 0.15) is 38.2 Å². The maximum atomic E-state index is 13.0. The van der Waals surface area contributed by atoms with Crippen LogP contribution in [0, 0.1) is 5.92 Å². The van der Waals surface area contributed by atoms with Crippen molar-refractivity contribution in [2.45, 2.75) is 50.0 Å². The van der Waals surface area contributed by atoms with E-state index >= 15 is 0 Å². The van der Waals surface area contributed by atoms with Crippen LogP contribution in [0.4, 0.5) is 18.0 Å². The first-order valence-corrected chi connectivity index (χ1v) is 10.4. The molecule has 2 atom stereocenters. The summed E-state index contributed by atoms with van der Waals surface area (Å²) in [5.41, 5.74) is -0.909. The maximum absolute atomic E-state index is 13.0. The summed E-state index contributed by atoms with van der Waals surface area (Å²) >= 11 is 6.71. The summed E-state index contributed by atoms with van der Waals surface area (Å²) in [5.74, 6) is -0.470. The molecule has 3 rings (SSSR count). The quantitative estimate of drug-likeness (QED) is 0.691. The molecule has 1 aliphatic carbocycles. The standard InChI is InChI=1S/C17H19ClF3N5O2S/c1-9-4-2-3-5-12(9)22-15(28)23-13(27)8-29-16-25-24-14-11(18)6-10(7-26(14)16)17(19,20)21/h6-7,9,12H,2-5,8H2,1H3,(H2,22,23,27,28). The highest BCUT2D eigenvalue weighted by molar-refractivity contribution is 7.99. The zero-order valence-corrected chi connectivity index (χ0v) is 17.0. The number of amides is 3. The van der Waals surface area contributed by atoms with Gasteiger partial charge in [0.2, 0.25) is 5.91 Å². The predicted molar refractivity (Wildman–Crippen MR) is 102 cm³/mol. The number of pyridine rings is 1. The third kappa shape index (κ3) is 5.33. The average Bonchev–Trinajstić information content (AvgIpc) is 3.05. The van der Waals surface area contributed by atoms with Gasteiger partial charge in [-0.25, -0.2) is 4.79 Å². The molecule has 2 unspecified atom stereocenters. The Morgan fingerprint density at radius 3 is 2.72 bits per heavy atom. The van der Waals surface area contributed by atoms with E-state index < -0.39 is 23.7 Å². The lowest BCUT2D eigenvalue weighted by Crippen LogP contribution is -2.48. The number of aromatic nitrogens is 3. The number of rotatable bonds is 4. The molecule has 12 heteroatoms. The number of hydrogen-bond acceptors (Lipinski definition) is 5. The number of thioether (sulfide) groups is 1. The van der Waals surface area contributed by atoms with Crippen molar-refractivity contribution >= 4 is 40.9 Å². The van der Waals surface area contributed by atoms with Crippen molar-refractivity contribution in [1.29, 1.82) is 0 Å². The first-order valence-electron chi connectivity index (χ1n) is 9.00. The Hall–Kier alpha value is -2.01. The van der Waals surface area contributed by atoms with Crippen LogP contribution in [0.25, 0.3) is 5.65 Å². The van der Waals surface area contributed by atoms with E-state index in [1.165, 1.54) is 0 Å². The molecule has 3 amide bonds. The number of nitrogens with one attached hydrogen (secondary N) is 2. The first kappa shape index (κ1) is 21.7. The van der Waals surface area contributed by atoms with Gasteiger partial charge in [0.1, 0.15) is 0 Å². The number of fused-ring (bicyclic) bond motifs is 1. The number of alkyl halides is 3. The number of hydrogen-bond donors (Lipinski definition) is 2. The minimum Gasteiger partial charge on any atom is -0.335 e. The molecule has 0 spiro atoms. The van der Waals surface area contributed by atoms with Crippen molar-refractivity contribution in [1.82, 2.24) is 25.2 Å². The van der Waals surface area contributed by atoms with E-state index in [1.54, 1.807) is 0 Å². The minimum absolute atomic E-state index is 0.0209. The van der Waals surface area contributed by atoms with Crippen LogP contribution in [0.3, 0.4) is 0 Å². The van der Waals surface area contributed by atoms with Crippen molar-refractivity contribution in [3.63, 3.8) is 0 Å². The van der Waals surface area contributed by atoms with Gasteiger partial charge in [-0.15, -0.1) is 10.2 Å². The van der Waals surface area contributed by atoms with Gasteiger partial charge >= 0.3 is 12.2 Å². The molecule has 0 aromatic carbocycles. The Bertz CT molecular complexity index is 920. The van der Waals surface area contributed by atoms with Crippen LogP contribution in [0.2, 0.25) is 5.02 Å². The summed E-state index contributed by atoms with van der Waals surface area (Å²) in [5, 5.41) is 12.4. The number of halogens is 4. The topological polar surface area (TPSA) is 88.4 Å². The minimum atomic E-state index is -4.59. The predicted octanol–water partition coefficient (Wildman–Crippen LogP) is 3.90. The Kier molecular flexibility index (Phi) is 6.57. The summed E-state index contributed by atoms with van der Waals surface area (Å²) < 4.78 is 40.0. The Balaban J connectivity index is 1.60. The number of carbonyl (C=O) groups excluding carboxylic acids is 2. The Morgan fingerprint density at radius 1 is 1.31 bits per heavy atom. The highest BCUT2D eigenvalue weighted by Crippen LogP contribution is 2.33. The summed E-state index contributed by atoms with van der Waals surface area (Å²) in [4.78, 5) is 24.1. The van der Waals surface area contributed by atoms with E-state index in [9.17, 15) is 22.8 Å². The second kappa shape index (κ2) is 8.78. The molecule has 29 heavy (non-hydrogen) atoms. The van der Waals surface area contributed by atoms with Gasteiger partial charge in [-0.2, -0.15) is 13.2 Å². The van der Waals surface area contributed by atoms with E-state index in [0.717, 1.165) is 54.1 Å². The first-order chi connectivity index (χ1) is 13.6. The lowest BCUT2D eigenvalue weighted by molar-refractivity contribution is -0.137. The highest BCUT2D eigenvalue weighted by Gasteiger charge is 2.32.